The molecule has 0 amide bonds. The minimum absolute atomic E-state index is 0.0881. The molecule has 146 valence electrons. The smallest absolute Gasteiger partial charge is 0.348 e. The van der Waals surface area contributed by atoms with Gasteiger partial charge in [-0.1, -0.05) is 36.4 Å². The predicted octanol–water partition coefficient (Wildman–Crippen LogP) is 3.76. The van der Waals surface area contributed by atoms with E-state index in [1.165, 1.54) is 13.2 Å². The normalized spacial score (nSPS) is 10.8. The van der Waals surface area contributed by atoms with Crippen LogP contribution in [0.25, 0.3) is 6.08 Å². The number of hydrogen-bond acceptors (Lipinski definition) is 6. The number of ether oxygens (including phenoxy) is 4. The molecule has 0 unspecified atom stereocenters. The fourth-order valence-electron chi connectivity index (χ4n) is 2.34. The molecule has 0 aliphatic rings. The van der Waals surface area contributed by atoms with E-state index in [0.29, 0.717) is 30.3 Å². The molecule has 0 aliphatic carbocycles. The van der Waals surface area contributed by atoms with E-state index in [2.05, 4.69) is 0 Å². The lowest BCUT2D eigenvalue weighted by molar-refractivity contribution is -0.139. The zero-order chi connectivity index (χ0) is 20.2. The molecule has 2 rings (SSSR count). The van der Waals surface area contributed by atoms with E-state index in [1.807, 2.05) is 43.3 Å². The zero-order valence-corrected chi connectivity index (χ0v) is 16.0. The number of carbonyl (C=O) groups is 1. The lowest BCUT2D eigenvalue weighted by atomic mass is 10.1. The minimum atomic E-state index is -0.693. The molecule has 6 heteroatoms. The Morgan fingerprint density at radius 1 is 1.07 bits per heavy atom. The minimum Gasteiger partial charge on any atom is -0.490 e. The Hall–Kier alpha value is -3.30. The fraction of sp³-hybridized carbons (Fsp3) is 0.273. The molecule has 0 aromatic heterocycles. The zero-order valence-electron chi connectivity index (χ0n) is 16.0. The lowest BCUT2D eigenvalue weighted by Crippen LogP contribution is -2.11. The Balaban J connectivity index is 2.15. The molecule has 2 aromatic rings. The Labute approximate surface area is 164 Å². The topological polar surface area (TPSA) is 77.8 Å². The van der Waals surface area contributed by atoms with Gasteiger partial charge in [0.2, 0.25) is 0 Å². The number of benzene rings is 2. The summed E-state index contributed by atoms with van der Waals surface area (Å²) < 4.78 is 21.3. The van der Waals surface area contributed by atoms with Gasteiger partial charge in [0, 0.05) is 7.11 Å². The van der Waals surface area contributed by atoms with Crippen molar-refractivity contribution in [1.29, 1.82) is 5.26 Å². The summed E-state index contributed by atoms with van der Waals surface area (Å²) in [6.45, 7) is 3.10. The van der Waals surface area contributed by atoms with E-state index in [0.717, 1.165) is 5.56 Å². The number of esters is 1. The third kappa shape index (κ3) is 6.45. The first kappa shape index (κ1) is 21.0. The van der Waals surface area contributed by atoms with Crippen LogP contribution in [0.5, 0.6) is 11.5 Å². The van der Waals surface area contributed by atoms with E-state index in [1.54, 1.807) is 18.2 Å². The molecule has 0 bridgehead atoms. The van der Waals surface area contributed by atoms with Crippen LogP contribution < -0.4 is 9.47 Å². The molecule has 0 aliphatic heterocycles. The molecule has 6 nitrogen and oxygen atoms in total. The van der Waals surface area contributed by atoms with Crippen LogP contribution in [0.2, 0.25) is 0 Å². The highest BCUT2D eigenvalue weighted by Gasteiger charge is 2.12. The van der Waals surface area contributed by atoms with Crippen LogP contribution in [-0.4, -0.2) is 32.9 Å². The molecule has 0 radical (unpaired) electrons. The average Bonchev–Trinajstić information content (AvgIpc) is 2.72. The monoisotopic (exact) mass is 381 g/mol. The van der Waals surface area contributed by atoms with Crippen LogP contribution in [0.1, 0.15) is 18.1 Å². The maximum absolute atomic E-state index is 12.0. The second-order valence-corrected chi connectivity index (χ2v) is 5.71. The van der Waals surface area contributed by atoms with Gasteiger partial charge in [0.1, 0.15) is 24.9 Å². The van der Waals surface area contributed by atoms with Gasteiger partial charge in [-0.3, -0.25) is 0 Å². The van der Waals surface area contributed by atoms with Gasteiger partial charge in [-0.15, -0.1) is 0 Å². The van der Waals surface area contributed by atoms with Gasteiger partial charge in [-0.25, -0.2) is 4.79 Å². The Morgan fingerprint density at radius 2 is 1.86 bits per heavy atom. The van der Waals surface area contributed by atoms with Crippen molar-refractivity contribution in [1.82, 2.24) is 0 Å². The summed E-state index contributed by atoms with van der Waals surface area (Å²) >= 11 is 0. The molecular formula is C22H23NO5. The summed E-state index contributed by atoms with van der Waals surface area (Å²) in [6.07, 6.45) is 1.46. The van der Waals surface area contributed by atoms with Crippen LogP contribution in [0.15, 0.2) is 54.1 Å². The van der Waals surface area contributed by atoms with Gasteiger partial charge >= 0.3 is 5.97 Å². The van der Waals surface area contributed by atoms with E-state index in [4.69, 9.17) is 18.9 Å². The highest BCUT2D eigenvalue weighted by atomic mass is 16.6. The first-order chi connectivity index (χ1) is 13.7. The van der Waals surface area contributed by atoms with Gasteiger partial charge in [-0.05, 0) is 36.3 Å². The third-order valence-corrected chi connectivity index (χ3v) is 3.68. The van der Waals surface area contributed by atoms with E-state index >= 15 is 0 Å². The molecule has 28 heavy (non-hydrogen) atoms. The summed E-state index contributed by atoms with van der Waals surface area (Å²) in [4.78, 5) is 12.0. The standard InChI is InChI=1S/C22H23NO5/c1-3-26-21-14-18(13-19(15-23)22(24)27-12-11-25-2)9-10-20(21)28-16-17-7-5-4-6-8-17/h4-10,13-14H,3,11-12,16H2,1-2H3/b19-13+. The number of methoxy groups -OCH3 is 1. The first-order valence-electron chi connectivity index (χ1n) is 8.89. The van der Waals surface area contributed by atoms with Crippen LogP contribution in [0.4, 0.5) is 0 Å². The molecule has 2 aromatic carbocycles. The number of nitrogens with zero attached hydrogens (tertiary/aromatic N) is 1. The first-order valence-corrected chi connectivity index (χ1v) is 8.89. The van der Waals surface area contributed by atoms with Crippen molar-refractivity contribution in [3.8, 4) is 17.6 Å². The largest absolute Gasteiger partial charge is 0.490 e. The lowest BCUT2D eigenvalue weighted by Gasteiger charge is -2.13. The van der Waals surface area contributed by atoms with Crippen molar-refractivity contribution < 1.29 is 23.7 Å². The van der Waals surface area contributed by atoms with Crippen LogP contribution in [-0.2, 0) is 20.9 Å². The van der Waals surface area contributed by atoms with E-state index < -0.39 is 5.97 Å². The number of carbonyl (C=O) groups excluding carboxylic acids is 1. The second kappa shape index (κ2) is 11.4. The summed E-state index contributed by atoms with van der Waals surface area (Å²) in [6, 6.07) is 16.9. The van der Waals surface area contributed by atoms with Crippen molar-refractivity contribution in [3.05, 3.63) is 65.2 Å². The van der Waals surface area contributed by atoms with Gasteiger partial charge < -0.3 is 18.9 Å². The summed E-state index contributed by atoms with van der Waals surface area (Å²) in [7, 11) is 1.51. The number of rotatable bonds is 10. The molecule has 0 fully saturated rings. The molecule has 0 heterocycles. The van der Waals surface area contributed by atoms with Gasteiger partial charge in [-0.2, -0.15) is 5.26 Å². The van der Waals surface area contributed by atoms with Crippen molar-refractivity contribution in [2.24, 2.45) is 0 Å². The highest BCUT2D eigenvalue weighted by Crippen LogP contribution is 2.30. The van der Waals surface area contributed by atoms with Crippen LogP contribution >= 0.6 is 0 Å². The fourth-order valence-corrected chi connectivity index (χ4v) is 2.34. The summed E-state index contributed by atoms with van der Waals surface area (Å²) in [5.74, 6) is 0.433. The van der Waals surface area contributed by atoms with Gasteiger partial charge in [0.15, 0.2) is 11.5 Å². The van der Waals surface area contributed by atoms with Crippen LogP contribution in [0, 0.1) is 11.3 Å². The van der Waals surface area contributed by atoms with Crippen LogP contribution in [0.3, 0.4) is 0 Å². The van der Waals surface area contributed by atoms with Crippen molar-refractivity contribution in [3.63, 3.8) is 0 Å². The van der Waals surface area contributed by atoms with Crippen molar-refractivity contribution in [2.75, 3.05) is 26.9 Å². The Kier molecular flexibility index (Phi) is 8.57. The highest BCUT2D eigenvalue weighted by molar-refractivity contribution is 5.97. The van der Waals surface area contributed by atoms with Crippen molar-refractivity contribution >= 4 is 12.0 Å². The van der Waals surface area contributed by atoms with E-state index in [9.17, 15) is 10.1 Å². The maximum Gasteiger partial charge on any atom is 0.348 e. The molecular weight excluding hydrogens is 358 g/mol. The van der Waals surface area contributed by atoms with E-state index in [-0.39, 0.29) is 18.8 Å². The predicted molar refractivity (Wildman–Crippen MR) is 105 cm³/mol. The maximum atomic E-state index is 12.0. The van der Waals surface area contributed by atoms with Gasteiger partial charge in [0.05, 0.1) is 13.2 Å². The molecule has 0 atom stereocenters. The average molecular weight is 381 g/mol. The second-order valence-electron chi connectivity index (χ2n) is 5.71. The SMILES string of the molecule is CCOc1cc(/C=C(\C#N)C(=O)OCCOC)ccc1OCc1ccccc1. The molecule has 0 saturated heterocycles. The number of nitriles is 1. The summed E-state index contributed by atoms with van der Waals surface area (Å²) in [5.41, 5.74) is 1.58. The Morgan fingerprint density at radius 3 is 2.54 bits per heavy atom. The van der Waals surface area contributed by atoms with Gasteiger partial charge in [0.25, 0.3) is 0 Å². The molecule has 0 N–H and O–H groups in total. The molecule has 0 spiro atoms. The quantitative estimate of drug-likeness (QED) is 0.270. The third-order valence-electron chi connectivity index (χ3n) is 3.68. The summed E-state index contributed by atoms with van der Waals surface area (Å²) in [5, 5.41) is 9.25. The molecule has 0 saturated carbocycles. The van der Waals surface area contributed by atoms with Crippen molar-refractivity contribution in [2.45, 2.75) is 13.5 Å². The number of hydrogen-bond donors (Lipinski definition) is 0. The Bertz CT molecular complexity index is 840.